The molecule has 0 spiro atoms. The normalized spacial score (nSPS) is 11.2. The minimum atomic E-state index is -3.81. The quantitative estimate of drug-likeness (QED) is 0.665. The number of hydrogen-bond donors (Lipinski definition) is 1. The Kier molecular flexibility index (Phi) is 4.68. The van der Waals surface area contributed by atoms with Crippen molar-refractivity contribution in [3.63, 3.8) is 0 Å². The number of halogens is 1. The molecule has 0 amide bonds. The van der Waals surface area contributed by atoms with Crippen molar-refractivity contribution in [1.82, 2.24) is 0 Å². The van der Waals surface area contributed by atoms with E-state index in [0.717, 1.165) is 18.1 Å². The molecule has 0 atom stereocenters. The van der Waals surface area contributed by atoms with Gasteiger partial charge in [-0.3, -0.25) is 14.8 Å². The minimum Gasteiger partial charge on any atom is -0.279 e. The third-order valence-corrected chi connectivity index (χ3v) is 4.75. The molecule has 0 aliphatic carbocycles. The molecule has 0 unspecified atom stereocenters. The van der Waals surface area contributed by atoms with E-state index in [2.05, 4.69) is 4.72 Å². The fourth-order valence-corrected chi connectivity index (χ4v) is 3.07. The van der Waals surface area contributed by atoms with Gasteiger partial charge in [-0.1, -0.05) is 30.7 Å². The number of aryl methyl sites for hydroxylation is 1. The number of nitro groups is 1. The van der Waals surface area contributed by atoms with Gasteiger partial charge >= 0.3 is 0 Å². The number of anilines is 1. The molecule has 0 fully saturated rings. The van der Waals surface area contributed by atoms with Crippen molar-refractivity contribution in [2.45, 2.75) is 18.2 Å². The number of nitro benzene ring substituents is 1. The van der Waals surface area contributed by atoms with Gasteiger partial charge in [-0.15, -0.1) is 0 Å². The summed E-state index contributed by atoms with van der Waals surface area (Å²) in [6.07, 6.45) is 0.803. The minimum absolute atomic E-state index is 0.0553. The molecule has 0 bridgehead atoms. The van der Waals surface area contributed by atoms with Crippen LogP contribution in [0.1, 0.15) is 12.5 Å². The summed E-state index contributed by atoms with van der Waals surface area (Å²) in [7, 11) is -3.81. The standard InChI is InChI=1S/C14H13ClN2O4S/c1-2-10-3-6-12(7-4-10)22(20,21)16-11-5-8-13(15)14(9-11)17(18)19/h3-9,16H,2H2,1H3. The van der Waals surface area contributed by atoms with Crippen LogP contribution in [0.15, 0.2) is 47.4 Å². The van der Waals surface area contributed by atoms with Crippen molar-refractivity contribution < 1.29 is 13.3 Å². The summed E-state index contributed by atoms with van der Waals surface area (Å²) in [5, 5.41) is 10.8. The Bertz CT molecular complexity index is 804. The van der Waals surface area contributed by atoms with E-state index in [1.54, 1.807) is 12.1 Å². The lowest BCUT2D eigenvalue weighted by Crippen LogP contribution is -2.13. The molecule has 0 saturated heterocycles. The van der Waals surface area contributed by atoms with Crippen LogP contribution in [0.25, 0.3) is 0 Å². The summed E-state index contributed by atoms with van der Waals surface area (Å²) in [6.45, 7) is 1.97. The molecule has 116 valence electrons. The summed E-state index contributed by atoms with van der Waals surface area (Å²) in [5.41, 5.74) is 0.736. The van der Waals surface area contributed by atoms with Crippen LogP contribution in [0.2, 0.25) is 5.02 Å². The summed E-state index contributed by atoms with van der Waals surface area (Å²) >= 11 is 5.69. The molecular formula is C14H13ClN2O4S. The SMILES string of the molecule is CCc1ccc(S(=O)(=O)Nc2ccc(Cl)c([N+](=O)[O-])c2)cc1. The highest BCUT2D eigenvalue weighted by atomic mass is 35.5. The number of nitrogens with one attached hydrogen (secondary N) is 1. The molecule has 0 radical (unpaired) electrons. The molecule has 2 aromatic carbocycles. The maximum atomic E-state index is 12.3. The molecule has 22 heavy (non-hydrogen) atoms. The van der Waals surface area contributed by atoms with Gasteiger partial charge in [-0.2, -0.15) is 0 Å². The maximum absolute atomic E-state index is 12.3. The first-order valence-electron chi connectivity index (χ1n) is 6.39. The zero-order valence-corrected chi connectivity index (χ0v) is 13.2. The Labute approximate surface area is 132 Å². The molecule has 8 heteroatoms. The lowest BCUT2D eigenvalue weighted by Gasteiger charge is -2.09. The van der Waals surface area contributed by atoms with Crippen LogP contribution in [-0.2, 0) is 16.4 Å². The molecule has 6 nitrogen and oxygen atoms in total. The van der Waals surface area contributed by atoms with Gasteiger partial charge < -0.3 is 0 Å². The van der Waals surface area contributed by atoms with E-state index < -0.39 is 14.9 Å². The first kappa shape index (κ1) is 16.3. The number of nitrogens with zero attached hydrogens (tertiary/aromatic N) is 1. The second-order valence-corrected chi connectivity index (χ2v) is 6.62. The highest BCUT2D eigenvalue weighted by Gasteiger charge is 2.18. The van der Waals surface area contributed by atoms with E-state index in [9.17, 15) is 18.5 Å². The van der Waals surface area contributed by atoms with Gasteiger partial charge in [0.1, 0.15) is 5.02 Å². The predicted molar refractivity (Wildman–Crippen MR) is 84.7 cm³/mol. The topological polar surface area (TPSA) is 89.3 Å². The fourth-order valence-electron chi connectivity index (χ4n) is 1.83. The molecule has 2 rings (SSSR count). The molecule has 1 N–H and O–H groups in total. The monoisotopic (exact) mass is 340 g/mol. The first-order valence-corrected chi connectivity index (χ1v) is 8.25. The molecule has 0 heterocycles. The molecule has 2 aromatic rings. The fraction of sp³-hybridized carbons (Fsp3) is 0.143. The van der Waals surface area contributed by atoms with E-state index in [1.807, 2.05) is 6.92 Å². The van der Waals surface area contributed by atoms with Crippen LogP contribution in [0.5, 0.6) is 0 Å². The zero-order chi connectivity index (χ0) is 16.3. The van der Waals surface area contributed by atoms with Gasteiger partial charge in [0.05, 0.1) is 15.5 Å². The van der Waals surface area contributed by atoms with E-state index in [-0.39, 0.29) is 21.3 Å². The van der Waals surface area contributed by atoms with Crippen molar-refractivity contribution in [3.05, 3.63) is 63.2 Å². The van der Waals surface area contributed by atoms with Crippen molar-refractivity contribution >= 4 is 33.0 Å². The molecular weight excluding hydrogens is 328 g/mol. The summed E-state index contributed by atoms with van der Waals surface area (Å²) in [5.74, 6) is 0. The van der Waals surface area contributed by atoms with Gasteiger partial charge in [0.25, 0.3) is 15.7 Å². The van der Waals surface area contributed by atoms with Gasteiger partial charge in [0.2, 0.25) is 0 Å². The maximum Gasteiger partial charge on any atom is 0.289 e. The third-order valence-electron chi connectivity index (χ3n) is 3.04. The molecule has 0 aliphatic heterocycles. The van der Waals surface area contributed by atoms with Crippen LogP contribution in [-0.4, -0.2) is 13.3 Å². The van der Waals surface area contributed by atoms with E-state index in [0.29, 0.717) is 0 Å². The Morgan fingerprint density at radius 2 is 1.82 bits per heavy atom. The summed E-state index contributed by atoms with van der Waals surface area (Å²) < 4.78 is 26.8. The number of rotatable bonds is 5. The number of benzene rings is 2. The summed E-state index contributed by atoms with van der Waals surface area (Å²) in [6, 6.07) is 10.2. The van der Waals surface area contributed by atoms with Crippen LogP contribution < -0.4 is 4.72 Å². The average Bonchev–Trinajstić information content (AvgIpc) is 2.48. The molecule has 0 aliphatic rings. The van der Waals surface area contributed by atoms with Crippen molar-refractivity contribution in [3.8, 4) is 0 Å². The van der Waals surface area contributed by atoms with E-state index in [1.165, 1.54) is 24.3 Å². The van der Waals surface area contributed by atoms with Gasteiger partial charge in [0, 0.05) is 6.07 Å². The lowest BCUT2D eigenvalue weighted by molar-refractivity contribution is -0.384. The van der Waals surface area contributed by atoms with Crippen LogP contribution in [0.3, 0.4) is 0 Å². The number of sulfonamides is 1. The van der Waals surface area contributed by atoms with Gasteiger partial charge in [-0.05, 0) is 36.2 Å². The second kappa shape index (κ2) is 6.33. The van der Waals surface area contributed by atoms with Crippen molar-refractivity contribution in [2.24, 2.45) is 0 Å². The van der Waals surface area contributed by atoms with Crippen molar-refractivity contribution in [2.75, 3.05) is 4.72 Å². The smallest absolute Gasteiger partial charge is 0.279 e. The Morgan fingerprint density at radius 1 is 1.18 bits per heavy atom. The van der Waals surface area contributed by atoms with Crippen molar-refractivity contribution in [1.29, 1.82) is 0 Å². The van der Waals surface area contributed by atoms with Crippen LogP contribution >= 0.6 is 11.6 Å². The second-order valence-electron chi connectivity index (χ2n) is 4.53. The van der Waals surface area contributed by atoms with E-state index in [4.69, 9.17) is 11.6 Å². The Balaban J connectivity index is 2.32. The average molecular weight is 341 g/mol. The Hall–Kier alpha value is -2.12. The highest BCUT2D eigenvalue weighted by Crippen LogP contribution is 2.28. The largest absolute Gasteiger partial charge is 0.289 e. The van der Waals surface area contributed by atoms with Gasteiger partial charge in [0.15, 0.2) is 0 Å². The first-order chi connectivity index (χ1) is 10.3. The van der Waals surface area contributed by atoms with Gasteiger partial charge in [-0.25, -0.2) is 8.42 Å². The summed E-state index contributed by atoms with van der Waals surface area (Å²) in [4.78, 5) is 10.2. The lowest BCUT2D eigenvalue weighted by atomic mass is 10.2. The van der Waals surface area contributed by atoms with Crippen LogP contribution in [0, 0.1) is 10.1 Å². The molecule has 0 saturated carbocycles. The predicted octanol–water partition coefficient (Wildman–Crippen LogP) is 3.61. The Morgan fingerprint density at radius 3 is 2.36 bits per heavy atom. The zero-order valence-electron chi connectivity index (χ0n) is 11.6. The molecule has 0 aromatic heterocycles. The van der Waals surface area contributed by atoms with Crippen LogP contribution in [0.4, 0.5) is 11.4 Å². The highest BCUT2D eigenvalue weighted by molar-refractivity contribution is 7.92. The van der Waals surface area contributed by atoms with E-state index >= 15 is 0 Å². The number of hydrogen-bond acceptors (Lipinski definition) is 4. The third kappa shape index (κ3) is 3.55.